The van der Waals surface area contributed by atoms with E-state index in [9.17, 15) is 10.1 Å². The van der Waals surface area contributed by atoms with Gasteiger partial charge >= 0.3 is 0 Å². The average molecular weight is 275 g/mol. The number of nitro benzene ring substituents is 1. The van der Waals surface area contributed by atoms with Gasteiger partial charge in [0.05, 0.1) is 10.5 Å². The van der Waals surface area contributed by atoms with Crippen LogP contribution in [0.3, 0.4) is 0 Å². The summed E-state index contributed by atoms with van der Waals surface area (Å²) in [6.45, 7) is 1.87. The number of rotatable bonds is 3. The summed E-state index contributed by atoms with van der Waals surface area (Å²) >= 11 is 0. The van der Waals surface area contributed by atoms with Crippen molar-refractivity contribution in [3.8, 4) is 0 Å². The second-order valence-corrected chi connectivity index (χ2v) is 5.93. The molecule has 5 heteroatoms. The molecule has 5 nitrogen and oxygen atoms in total. The van der Waals surface area contributed by atoms with Crippen LogP contribution >= 0.6 is 0 Å². The first-order valence-corrected chi connectivity index (χ1v) is 7.31. The van der Waals surface area contributed by atoms with Gasteiger partial charge in [-0.2, -0.15) is 0 Å². The van der Waals surface area contributed by atoms with Crippen LogP contribution in [-0.2, 0) is 0 Å². The van der Waals surface area contributed by atoms with Crippen LogP contribution < -0.4 is 10.2 Å². The molecule has 0 spiro atoms. The Kier molecular flexibility index (Phi) is 3.38. The standard InChI is InChI=1S/C15H21N3O2/c1-10-14(4-3-5-15(10)18(19)20)17-12-6-7-13(17)9-11(8-12)16-2/h3-5,11-13,16H,6-9H2,1-2H3. The predicted octanol–water partition coefficient (Wildman–Crippen LogP) is 2.62. The summed E-state index contributed by atoms with van der Waals surface area (Å²) in [5, 5.41) is 14.5. The zero-order valence-electron chi connectivity index (χ0n) is 12.0. The molecule has 2 unspecified atom stereocenters. The number of nitrogens with one attached hydrogen (secondary N) is 1. The maximum Gasteiger partial charge on any atom is 0.274 e. The van der Waals surface area contributed by atoms with Crippen molar-refractivity contribution in [2.45, 2.75) is 50.7 Å². The minimum atomic E-state index is -0.277. The molecule has 108 valence electrons. The molecule has 0 aliphatic carbocycles. The van der Waals surface area contributed by atoms with E-state index < -0.39 is 0 Å². The van der Waals surface area contributed by atoms with Crippen LogP contribution in [0.4, 0.5) is 11.4 Å². The molecule has 2 bridgehead atoms. The van der Waals surface area contributed by atoms with Gasteiger partial charge < -0.3 is 10.2 Å². The van der Waals surface area contributed by atoms with Crippen LogP contribution in [-0.4, -0.2) is 30.1 Å². The SMILES string of the molecule is CNC1CC2CCC(C1)N2c1cccc([N+](=O)[O-])c1C. The first-order valence-electron chi connectivity index (χ1n) is 7.31. The Morgan fingerprint density at radius 2 is 1.95 bits per heavy atom. The van der Waals surface area contributed by atoms with Crippen LogP contribution in [0.5, 0.6) is 0 Å². The lowest BCUT2D eigenvalue weighted by Gasteiger charge is -2.41. The first kappa shape index (κ1) is 13.4. The third kappa shape index (κ3) is 2.06. The number of benzene rings is 1. The second-order valence-electron chi connectivity index (χ2n) is 5.93. The van der Waals surface area contributed by atoms with E-state index in [-0.39, 0.29) is 10.6 Å². The molecule has 0 radical (unpaired) electrons. The zero-order chi connectivity index (χ0) is 14.3. The van der Waals surface area contributed by atoms with E-state index in [1.807, 2.05) is 26.1 Å². The van der Waals surface area contributed by atoms with Crippen molar-refractivity contribution in [2.24, 2.45) is 0 Å². The van der Waals surface area contributed by atoms with E-state index in [1.165, 1.54) is 12.8 Å². The molecule has 20 heavy (non-hydrogen) atoms. The van der Waals surface area contributed by atoms with Gasteiger partial charge in [-0.25, -0.2) is 0 Å². The monoisotopic (exact) mass is 275 g/mol. The van der Waals surface area contributed by atoms with Crippen molar-refractivity contribution < 1.29 is 4.92 Å². The Morgan fingerprint density at radius 3 is 2.50 bits per heavy atom. The van der Waals surface area contributed by atoms with Gasteiger partial charge in [0.25, 0.3) is 5.69 Å². The number of anilines is 1. The summed E-state index contributed by atoms with van der Waals surface area (Å²) in [5.74, 6) is 0. The van der Waals surface area contributed by atoms with Crippen molar-refractivity contribution in [2.75, 3.05) is 11.9 Å². The molecule has 0 amide bonds. The third-order valence-electron chi connectivity index (χ3n) is 4.89. The van der Waals surface area contributed by atoms with Gasteiger partial charge in [0.15, 0.2) is 0 Å². The number of nitrogens with zero attached hydrogens (tertiary/aromatic N) is 2. The van der Waals surface area contributed by atoms with Crippen LogP contribution in [0.2, 0.25) is 0 Å². The molecule has 2 heterocycles. The topological polar surface area (TPSA) is 58.4 Å². The Labute approximate surface area is 119 Å². The lowest BCUT2D eigenvalue weighted by molar-refractivity contribution is -0.385. The van der Waals surface area contributed by atoms with Gasteiger partial charge in [-0.05, 0) is 45.7 Å². The van der Waals surface area contributed by atoms with Gasteiger partial charge in [0.2, 0.25) is 0 Å². The average Bonchev–Trinajstić information content (AvgIpc) is 2.69. The minimum Gasteiger partial charge on any atom is -0.365 e. The van der Waals surface area contributed by atoms with E-state index >= 15 is 0 Å². The van der Waals surface area contributed by atoms with Crippen molar-refractivity contribution in [1.29, 1.82) is 0 Å². The van der Waals surface area contributed by atoms with E-state index in [4.69, 9.17) is 0 Å². The van der Waals surface area contributed by atoms with E-state index in [1.54, 1.807) is 6.07 Å². The highest BCUT2D eigenvalue weighted by atomic mass is 16.6. The number of piperidine rings is 1. The van der Waals surface area contributed by atoms with Gasteiger partial charge in [-0.1, -0.05) is 6.07 Å². The molecule has 2 aliphatic heterocycles. The van der Waals surface area contributed by atoms with Crippen LogP contribution in [0.1, 0.15) is 31.2 Å². The summed E-state index contributed by atoms with van der Waals surface area (Å²) in [6.07, 6.45) is 4.67. The number of fused-ring (bicyclic) bond motifs is 2. The zero-order valence-corrected chi connectivity index (χ0v) is 12.0. The molecule has 2 atom stereocenters. The smallest absolute Gasteiger partial charge is 0.274 e. The molecule has 0 aromatic heterocycles. The predicted molar refractivity (Wildman–Crippen MR) is 79.2 cm³/mol. The Hall–Kier alpha value is -1.62. The van der Waals surface area contributed by atoms with Gasteiger partial charge in [-0.3, -0.25) is 10.1 Å². The fraction of sp³-hybridized carbons (Fsp3) is 0.600. The van der Waals surface area contributed by atoms with Gasteiger partial charge in [0, 0.05) is 29.9 Å². The Balaban J connectivity index is 1.95. The molecule has 2 saturated heterocycles. The highest BCUT2D eigenvalue weighted by Crippen LogP contribution is 2.42. The summed E-state index contributed by atoms with van der Waals surface area (Å²) in [4.78, 5) is 13.3. The van der Waals surface area contributed by atoms with E-state index in [0.29, 0.717) is 18.1 Å². The Morgan fingerprint density at radius 1 is 1.30 bits per heavy atom. The highest BCUT2D eigenvalue weighted by molar-refractivity contribution is 5.63. The first-order chi connectivity index (χ1) is 9.61. The molecular weight excluding hydrogens is 254 g/mol. The fourth-order valence-electron chi connectivity index (χ4n) is 3.90. The van der Waals surface area contributed by atoms with Crippen molar-refractivity contribution in [3.63, 3.8) is 0 Å². The molecule has 3 rings (SSSR count). The quantitative estimate of drug-likeness (QED) is 0.680. The molecule has 0 saturated carbocycles. The summed E-state index contributed by atoms with van der Waals surface area (Å²) < 4.78 is 0. The van der Waals surface area contributed by atoms with E-state index in [0.717, 1.165) is 24.1 Å². The van der Waals surface area contributed by atoms with Crippen LogP contribution in [0, 0.1) is 17.0 Å². The number of nitro groups is 1. The summed E-state index contributed by atoms with van der Waals surface area (Å²) in [5.41, 5.74) is 2.09. The second kappa shape index (κ2) is 5.05. The molecule has 1 aromatic rings. The normalized spacial score (nSPS) is 28.7. The molecule has 2 fully saturated rings. The molecule has 1 aromatic carbocycles. The third-order valence-corrected chi connectivity index (χ3v) is 4.89. The Bertz CT molecular complexity index is 518. The van der Waals surface area contributed by atoms with Crippen LogP contribution in [0.15, 0.2) is 18.2 Å². The highest BCUT2D eigenvalue weighted by Gasteiger charge is 2.41. The van der Waals surface area contributed by atoms with Crippen molar-refractivity contribution >= 4 is 11.4 Å². The summed E-state index contributed by atoms with van der Waals surface area (Å²) in [6, 6.07) is 7.07. The van der Waals surface area contributed by atoms with Crippen molar-refractivity contribution in [3.05, 3.63) is 33.9 Å². The van der Waals surface area contributed by atoms with Gasteiger partial charge in [-0.15, -0.1) is 0 Å². The number of hydrogen-bond acceptors (Lipinski definition) is 4. The minimum absolute atomic E-state index is 0.234. The largest absolute Gasteiger partial charge is 0.365 e. The number of hydrogen-bond donors (Lipinski definition) is 1. The van der Waals surface area contributed by atoms with E-state index in [2.05, 4.69) is 10.2 Å². The molecular formula is C15H21N3O2. The lowest BCUT2D eigenvalue weighted by atomic mass is 9.95. The fourth-order valence-corrected chi connectivity index (χ4v) is 3.90. The molecule has 2 aliphatic rings. The molecule has 1 N–H and O–H groups in total. The van der Waals surface area contributed by atoms with Gasteiger partial charge in [0.1, 0.15) is 0 Å². The lowest BCUT2D eigenvalue weighted by Crippen LogP contribution is -2.48. The summed E-state index contributed by atoms with van der Waals surface area (Å²) in [7, 11) is 2.03. The van der Waals surface area contributed by atoms with Crippen molar-refractivity contribution in [1.82, 2.24) is 5.32 Å². The maximum atomic E-state index is 11.1. The van der Waals surface area contributed by atoms with Crippen LogP contribution in [0.25, 0.3) is 0 Å². The maximum absolute atomic E-state index is 11.1.